The van der Waals surface area contributed by atoms with E-state index in [9.17, 15) is 0 Å². The van der Waals surface area contributed by atoms with Crippen molar-refractivity contribution in [3.8, 4) is 23.1 Å². The highest BCUT2D eigenvalue weighted by molar-refractivity contribution is 5.63. The van der Waals surface area contributed by atoms with Crippen LogP contribution in [0.2, 0.25) is 0 Å². The molecule has 0 amide bonds. The number of fused-ring (bicyclic) bond motifs is 1. The first-order valence-electron chi connectivity index (χ1n) is 9.05. The summed E-state index contributed by atoms with van der Waals surface area (Å²) in [4.78, 5) is 7.22. The van der Waals surface area contributed by atoms with Gasteiger partial charge in [0.15, 0.2) is 0 Å². The second-order valence-corrected chi connectivity index (χ2v) is 6.77. The Morgan fingerprint density at radius 1 is 1.08 bits per heavy atom. The van der Waals surface area contributed by atoms with E-state index in [4.69, 9.17) is 4.98 Å². The van der Waals surface area contributed by atoms with Crippen LogP contribution < -0.4 is 0 Å². The standard InChI is InChI=1S/C22H23N3/c1-18-11-15-25-17-21(23-22(25)16-18)20-9-7-19(8-10-20)6-2-3-12-24-13-4-5-14-24/h7-11,15-17H,3-5,12-14H2,1H3. The van der Waals surface area contributed by atoms with E-state index in [-0.39, 0.29) is 0 Å². The zero-order valence-electron chi connectivity index (χ0n) is 14.7. The van der Waals surface area contributed by atoms with Gasteiger partial charge in [0.25, 0.3) is 0 Å². The molecule has 0 spiro atoms. The topological polar surface area (TPSA) is 20.5 Å². The van der Waals surface area contributed by atoms with Gasteiger partial charge in [-0.15, -0.1) is 0 Å². The van der Waals surface area contributed by atoms with Crippen molar-refractivity contribution in [2.75, 3.05) is 19.6 Å². The minimum atomic E-state index is 0.952. The fourth-order valence-electron chi connectivity index (χ4n) is 3.33. The van der Waals surface area contributed by atoms with E-state index in [2.05, 4.69) is 76.9 Å². The molecule has 2 aromatic heterocycles. The number of hydrogen-bond donors (Lipinski definition) is 0. The zero-order chi connectivity index (χ0) is 17.1. The number of hydrogen-bond acceptors (Lipinski definition) is 2. The van der Waals surface area contributed by atoms with Gasteiger partial charge in [0, 0.05) is 36.5 Å². The summed E-state index contributed by atoms with van der Waals surface area (Å²) in [6.07, 6.45) is 7.77. The van der Waals surface area contributed by atoms with Crippen LogP contribution in [0.25, 0.3) is 16.9 Å². The number of pyridine rings is 1. The predicted octanol–water partition coefficient (Wildman–Crippen LogP) is 4.15. The summed E-state index contributed by atoms with van der Waals surface area (Å²) in [5.41, 5.74) is 5.41. The molecule has 0 bridgehead atoms. The summed E-state index contributed by atoms with van der Waals surface area (Å²) in [6, 6.07) is 12.6. The van der Waals surface area contributed by atoms with Crippen LogP contribution in [0.1, 0.15) is 30.4 Å². The lowest BCUT2D eigenvalue weighted by Crippen LogP contribution is -2.19. The Balaban J connectivity index is 1.44. The first kappa shape index (κ1) is 15.9. The molecule has 3 heteroatoms. The summed E-state index contributed by atoms with van der Waals surface area (Å²) in [6.45, 7) is 5.68. The van der Waals surface area contributed by atoms with Gasteiger partial charge in [-0.2, -0.15) is 0 Å². The van der Waals surface area contributed by atoms with Crippen LogP contribution >= 0.6 is 0 Å². The van der Waals surface area contributed by atoms with Gasteiger partial charge in [0.2, 0.25) is 0 Å². The van der Waals surface area contributed by atoms with E-state index < -0.39 is 0 Å². The molecule has 1 fully saturated rings. The molecule has 4 rings (SSSR count). The van der Waals surface area contributed by atoms with E-state index in [0.29, 0.717) is 0 Å². The highest BCUT2D eigenvalue weighted by atomic mass is 15.1. The SMILES string of the molecule is Cc1ccn2cc(-c3ccc(C#CCCN4CCCC4)cc3)nc2c1. The maximum Gasteiger partial charge on any atom is 0.137 e. The van der Waals surface area contributed by atoms with Crippen molar-refractivity contribution in [3.05, 3.63) is 59.9 Å². The molecule has 1 aliphatic rings. The number of nitrogens with zero attached hydrogens (tertiary/aromatic N) is 3. The molecule has 1 aromatic carbocycles. The third kappa shape index (κ3) is 3.75. The highest BCUT2D eigenvalue weighted by Crippen LogP contribution is 2.20. The number of imidazole rings is 1. The predicted molar refractivity (Wildman–Crippen MR) is 103 cm³/mol. The molecule has 0 atom stereocenters. The van der Waals surface area contributed by atoms with E-state index in [1.54, 1.807) is 0 Å². The summed E-state index contributed by atoms with van der Waals surface area (Å²) < 4.78 is 2.06. The van der Waals surface area contributed by atoms with Crippen LogP contribution in [0, 0.1) is 18.8 Å². The molecule has 1 aliphatic heterocycles. The Morgan fingerprint density at radius 3 is 2.68 bits per heavy atom. The van der Waals surface area contributed by atoms with Crippen molar-refractivity contribution in [1.29, 1.82) is 0 Å². The monoisotopic (exact) mass is 329 g/mol. The molecule has 0 N–H and O–H groups in total. The van der Waals surface area contributed by atoms with Gasteiger partial charge < -0.3 is 9.30 Å². The van der Waals surface area contributed by atoms with Gasteiger partial charge in [-0.05, 0) is 62.7 Å². The summed E-state index contributed by atoms with van der Waals surface area (Å²) in [5.74, 6) is 6.58. The third-order valence-corrected chi connectivity index (χ3v) is 4.78. The number of aryl methyl sites for hydroxylation is 1. The van der Waals surface area contributed by atoms with Crippen molar-refractivity contribution < 1.29 is 0 Å². The van der Waals surface area contributed by atoms with Crippen LogP contribution in [-0.2, 0) is 0 Å². The molecule has 0 saturated carbocycles. The van der Waals surface area contributed by atoms with Gasteiger partial charge in [-0.1, -0.05) is 24.0 Å². The van der Waals surface area contributed by atoms with Crippen molar-refractivity contribution in [2.24, 2.45) is 0 Å². The first-order chi connectivity index (χ1) is 12.3. The van der Waals surface area contributed by atoms with Crippen molar-refractivity contribution in [2.45, 2.75) is 26.2 Å². The minimum absolute atomic E-state index is 0.952. The Labute approximate surface area is 149 Å². The summed E-state index contributed by atoms with van der Waals surface area (Å²) in [5, 5.41) is 0. The van der Waals surface area contributed by atoms with Crippen LogP contribution in [0.3, 0.4) is 0 Å². The maximum absolute atomic E-state index is 4.71. The fraction of sp³-hybridized carbons (Fsp3) is 0.318. The van der Waals surface area contributed by atoms with E-state index >= 15 is 0 Å². The van der Waals surface area contributed by atoms with Crippen molar-refractivity contribution in [3.63, 3.8) is 0 Å². The van der Waals surface area contributed by atoms with Crippen LogP contribution in [0.15, 0.2) is 48.8 Å². The number of aromatic nitrogens is 2. The highest BCUT2D eigenvalue weighted by Gasteiger charge is 2.09. The molecule has 1 saturated heterocycles. The number of likely N-dealkylation sites (tertiary alicyclic amines) is 1. The molecule has 0 aliphatic carbocycles. The summed E-state index contributed by atoms with van der Waals surface area (Å²) in [7, 11) is 0. The Kier molecular flexibility index (Phi) is 4.54. The smallest absolute Gasteiger partial charge is 0.137 e. The Bertz CT molecular complexity index is 919. The molecule has 3 aromatic rings. The van der Waals surface area contributed by atoms with E-state index in [0.717, 1.165) is 35.4 Å². The lowest BCUT2D eigenvalue weighted by molar-refractivity contribution is 0.348. The lowest BCUT2D eigenvalue weighted by Gasteiger charge is -2.11. The molecule has 0 unspecified atom stereocenters. The lowest BCUT2D eigenvalue weighted by atomic mass is 10.1. The molecule has 0 radical (unpaired) electrons. The van der Waals surface area contributed by atoms with Crippen LogP contribution in [0.4, 0.5) is 0 Å². The fourth-order valence-corrected chi connectivity index (χ4v) is 3.33. The van der Waals surface area contributed by atoms with Gasteiger partial charge in [-0.3, -0.25) is 0 Å². The number of benzene rings is 1. The van der Waals surface area contributed by atoms with Crippen molar-refractivity contribution in [1.82, 2.24) is 14.3 Å². The largest absolute Gasteiger partial charge is 0.306 e. The zero-order valence-corrected chi connectivity index (χ0v) is 14.7. The Morgan fingerprint density at radius 2 is 1.88 bits per heavy atom. The molecule has 25 heavy (non-hydrogen) atoms. The second-order valence-electron chi connectivity index (χ2n) is 6.77. The average molecular weight is 329 g/mol. The van der Waals surface area contributed by atoms with Gasteiger partial charge in [0.1, 0.15) is 5.65 Å². The molecule has 126 valence electrons. The number of rotatable bonds is 3. The average Bonchev–Trinajstić information content (AvgIpc) is 3.28. The van der Waals surface area contributed by atoms with Gasteiger partial charge >= 0.3 is 0 Å². The van der Waals surface area contributed by atoms with E-state index in [1.165, 1.54) is 31.5 Å². The molecular weight excluding hydrogens is 306 g/mol. The molecular formula is C22H23N3. The van der Waals surface area contributed by atoms with E-state index in [1.807, 2.05) is 0 Å². The van der Waals surface area contributed by atoms with Gasteiger partial charge in [-0.25, -0.2) is 4.98 Å². The maximum atomic E-state index is 4.71. The molecule has 3 heterocycles. The Hall–Kier alpha value is -2.57. The third-order valence-electron chi connectivity index (χ3n) is 4.78. The van der Waals surface area contributed by atoms with Crippen molar-refractivity contribution >= 4 is 5.65 Å². The van der Waals surface area contributed by atoms with Crippen LogP contribution in [0.5, 0.6) is 0 Å². The minimum Gasteiger partial charge on any atom is -0.306 e. The molecule has 3 nitrogen and oxygen atoms in total. The second kappa shape index (κ2) is 7.13. The van der Waals surface area contributed by atoms with Crippen LogP contribution in [-0.4, -0.2) is 33.9 Å². The normalized spacial score (nSPS) is 14.6. The van der Waals surface area contributed by atoms with Gasteiger partial charge in [0.05, 0.1) is 5.69 Å². The summed E-state index contributed by atoms with van der Waals surface area (Å²) >= 11 is 0. The quantitative estimate of drug-likeness (QED) is 0.673. The first-order valence-corrected chi connectivity index (χ1v) is 9.05.